The van der Waals surface area contributed by atoms with Crippen molar-refractivity contribution in [1.29, 1.82) is 0 Å². The topological polar surface area (TPSA) is 29.9 Å². The largest absolute Gasteiger partial charge is 0.330 e. The summed E-state index contributed by atoms with van der Waals surface area (Å²) < 4.78 is 2.20. The van der Waals surface area contributed by atoms with Crippen LogP contribution in [-0.4, -0.2) is 15.6 Å². The van der Waals surface area contributed by atoms with E-state index in [1.807, 2.05) is 13.3 Å². The first-order valence-electron chi connectivity index (χ1n) is 8.63. The molecule has 1 aliphatic carbocycles. The van der Waals surface area contributed by atoms with E-state index >= 15 is 0 Å². The lowest BCUT2D eigenvalue weighted by atomic mass is 9.99. The Labute approximate surface area is 143 Å². The van der Waals surface area contributed by atoms with E-state index in [0.29, 0.717) is 18.1 Å². The van der Waals surface area contributed by atoms with Gasteiger partial charge in [0.1, 0.15) is 0 Å². The summed E-state index contributed by atoms with van der Waals surface area (Å²) in [5, 5.41) is 6.41. The lowest BCUT2D eigenvalue weighted by Gasteiger charge is -2.21. The highest BCUT2D eigenvalue weighted by Gasteiger charge is 2.22. The van der Waals surface area contributed by atoms with Gasteiger partial charge in [0.2, 0.25) is 0 Å². The minimum Gasteiger partial charge on any atom is -0.330 e. The third kappa shape index (κ3) is 2.87. The van der Waals surface area contributed by atoms with Crippen molar-refractivity contribution in [2.45, 2.75) is 38.4 Å². The summed E-state index contributed by atoms with van der Waals surface area (Å²) in [4.78, 5) is 4.34. The molecule has 122 valence electrons. The zero-order valence-corrected chi connectivity index (χ0v) is 14.2. The zero-order valence-electron chi connectivity index (χ0n) is 14.2. The van der Waals surface area contributed by atoms with Gasteiger partial charge in [-0.3, -0.25) is 0 Å². The van der Waals surface area contributed by atoms with E-state index in [2.05, 4.69) is 82.6 Å². The van der Waals surface area contributed by atoms with Crippen LogP contribution in [0.15, 0.2) is 67.1 Å². The summed E-state index contributed by atoms with van der Waals surface area (Å²) >= 11 is 0. The summed E-state index contributed by atoms with van der Waals surface area (Å²) in [5.41, 5.74) is 2.44. The number of fused-ring (bicyclic) bond motifs is 1. The van der Waals surface area contributed by atoms with E-state index in [1.54, 1.807) is 0 Å². The average Bonchev–Trinajstić information content (AvgIpc) is 3.23. The van der Waals surface area contributed by atoms with Gasteiger partial charge in [-0.25, -0.2) is 4.98 Å². The third-order valence-corrected chi connectivity index (χ3v) is 4.93. The second-order valence-electron chi connectivity index (χ2n) is 6.71. The molecule has 3 atom stereocenters. The van der Waals surface area contributed by atoms with Gasteiger partial charge >= 0.3 is 0 Å². The minimum absolute atomic E-state index is 0.314. The molecule has 0 saturated carbocycles. The van der Waals surface area contributed by atoms with E-state index < -0.39 is 0 Å². The summed E-state index contributed by atoms with van der Waals surface area (Å²) in [6, 6.07) is 16.3. The first kappa shape index (κ1) is 15.2. The van der Waals surface area contributed by atoms with Crippen molar-refractivity contribution in [1.82, 2.24) is 14.9 Å². The van der Waals surface area contributed by atoms with Crippen LogP contribution in [0.5, 0.6) is 0 Å². The van der Waals surface area contributed by atoms with Gasteiger partial charge in [-0.2, -0.15) is 0 Å². The molecule has 0 fully saturated rings. The van der Waals surface area contributed by atoms with Crippen LogP contribution in [-0.2, 0) is 0 Å². The molecular weight excluding hydrogens is 294 g/mol. The summed E-state index contributed by atoms with van der Waals surface area (Å²) in [6.45, 7) is 4.29. The number of imidazole rings is 1. The van der Waals surface area contributed by atoms with Gasteiger partial charge < -0.3 is 9.88 Å². The number of nitrogens with zero attached hydrogens (tertiary/aromatic N) is 2. The van der Waals surface area contributed by atoms with Crippen molar-refractivity contribution in [2.75, 3.05) is 0 Å². The minimum atomic E-state index is 0.314. The van der Waals surface area contributed by atoms with E-state index in [0.717, 1.165) is 12.1 Å². The van der Waals surface area contributed by atoms with Crippen molar-refractivity contribution >= 4 is 10.8 Å². The van der Waals surface area contributed by atoms with Crippen LogP contribution in [0.25, 0.3) is 10.8 Å². The van der Waals surface area contributed by atoms with Gasteiger partial charge in [0.15, 0.2) is 0 Å². The maximum Gasteiger partial charge on any atom is 0.0954 e. The molecule has 3 heteroatoms. The van der Waals surface area contributed by atoms with Gasteiger partial charge in [0.25, 0.3) is 0 Å². The first-order valence-corrected chi connectivity index (χ1v) is 8.63. The van der Waals surface area contributed by atoms with Gasteiger partial charge in [-0.1, -0.05) is 54.6 Å². The molecule has 1 N–H and O–H groups in total. The van der Waals surface area contributed by atoms with Crippen molar-refractivity contribution < 1.29 is 0 Å². The number of aryl methyl sites for hydroxylation is 1. The predicted octanol–water partition coefficient (Wildman–Crippen LogP) is 4.57. The van der Waals surface area contributed by atoms with E-state index in [1.165, 1.54) is 16.3 Å². The fourth-order valence-corrected chi connectivity index (χ4v) is 3.68. The highest BCUT2D eigenvalue weighted by molar-refractivity contribution is 5.86. The van der Waals surface area contributed by atoms with Gasteiger partial charge in [0.05, 0.1) is 18.1 Å². The van der Waals surface area contributed by atoms with Gasteiger partial charge in [-0.15, -0.1) is 0 Å². The Kier molecular flexibility index (Phi) is 3.95. The lowest BCUT2D eigenvalue weighted by molar-refractivity contribution is 0.459. The van der Waals surface area contributed by atoms with Crippen LogP contribution >= 0.6 is 0 Å². The number of benzene rings is 2. The van der Waals surface area contributed by atoms with E-state index in [9.17, 15) is 0 Å². The molecule has 0 aliphatic heterocycles. The lowest BCUT2D eigenvalue weighted by Crippen LogP contribution is -2.29. The Morgan fingerprint density at radius 2 is 1.96 bits per heavy atom. The monoisotopic (exact) mass is 317 g/mol. The molecule has 0 radical (unpaired) electrons. The standard InChI is InChI=1S/C21H23N3/c1-15-13-24(14-22-15)19-11-10-18(12-19)23-16(2)20-9-5-7-17-6-3-4-8-21(17)20/h3-11,13-14,16,18-19,23H,12H2,1-2H3/t16-,18-,19-/m1/s1. The molecule has 24 heavy (non-hydrogen) atoms. The number of nitrogens with one attached hydrogen (secondary N) is 1. The normalized spacial score (nSPS) is 21.4. The molecular formula is C21H23N3. The molecule has 0 spiro atoms. The maximum atomic E-state index is 4.34. The van der Waals surface area contributed by atoms with Crippen molar-refractivity contribution in [3.63, 3.8) is 0 Å². The van der Waals surface area contributed by atoms with Crippen LogP contribution in [0, 0.1) is 6.92 Å². The molecule has 0 saturated heterocycles. The Hall–Kier alpha value is -2.39. The molecule has 4 rings (SSSR count). The first-order chi connectivity index (χ1) is 11.7. The average molecular weight is 317 g/mol. The van der Waals surface area contributed by atoms with Crippen molar-refractivity contribution in [3.8, 4) is 0 Å². The summed E-state index contributed by atoms with van der Waals surface area (Å²) in [7, 11) is 0. The summed E-state index contributed by atoms with van der Waals surface area (Å²) in [6.07, 6.45) is 9.70. The smallest absolute Gasteiger partial charge is 0.0954 e. The van der Waals surface area contributed by atoms with E-state index in [4.69, 9.17) is 0 Å². The second-order valence-corrected chi connectivity index (χ2v) is 6.71. The highest BCUT2D eigenvalue weighted by atomic mass is 15.1. The zero-order chi connectivity index (χ0) is 16.5. The van der Waals surface area contributed by atoms with Crippen LogP contribution in [0.2, 0.25) is 0 Å². The molecule has 3 nitrogen and oxygen atoms in total. The fraction of sp³-hybridized carbons (Fsp3) is 0.286. The van der Waals surface area contributed by atoms with Crippen LogP contribution in [0.4, 0.5) is 0 Å². The molecule has 0 bridgehead atoms. The number of aromatic nitrogens is 2. The molecule has 1 aromatic heterocycles. The van der Waals surface area contributed by atoms with Gasteiger partial charge in [-0.05, 0) is 36.6 Å². The summed E-state index contributed by atoms with van der Waals surface area (Å²) in [5.74, 6) is 0. The van der Waals surface area contributed by atoms with Crippen molar-refractivity contribution in [3.05, 3.63) is 78.4 Å². The SMILES string of the molecule is Cc1cn([C@@H]2C=C[C@@H](N[C@H](C)c3cccc4ccccc34)C2)cn1. The highest BCUT2D eigenvalue weighted by Crippen LogP contribution is 2.28. The second kappa shape index (κ2) is 6.25. The number of hydrogen-bond donors (Lipinski definition) is 1. The molecule has 3 aromatic rings. The van der Waals surface area contributed by atoms with Crippen molar-refractivity contribution in [2.24, 2.45) is 0 Å². The Bertz CT molecular complexity index is 872. The number of rotatable bonds is 4. The Morgan fingerprint density at radius 3 is 2.79 bits per heavy atom. The van der Waals surface area contributed by atoms with Crippen LogP contribution in [0.3, 0.4) is 0 Å². The molecule has 1 heterocycles. The fourth-order valence-electron chi connectivity index (χ4n) is 3.68. The maximum absolute atomic E-state index is 4.34. The van der Waals surface area contributed by atoms with Crippen LogP contribution in [0.1, 0.15) is 36.7 Å². The Balaban J connectivity index is 1.49. The third-order valence-electron chi connectivity index (χ3n) is 4.93. The number of hydrogen-bond acceptors (Lipinski definition) is 2. The predicted molar refractivity (Wildman–Crippen MR) is 99.0 cm³/mol. The van der Waals surface area contributed by atoms with E-state index in [-0.39, 0.29) is 0 Å². The number of allylic oxidation sites excluding steroid dienone is 1. The molecule has 0 unspecified atom stereocenters. The van der Waals surface area contributed by atoms with Crippen LogP contribution < -0.4 is 5.32 Å². The molecule has 2 aromatic carbocycles. The molecule has 0 amide bonds. The Morgan fingerprint density at radius 1 is 1.12 bits per heavy atom. The quantitative estimate of drug-likeness (QED) is 0.715. The van der Waals surface area contributed by atoms with Gasteiger partial charge in [0, 0.05) is 18.3 Å². The molecule has 1 aliphatic rings.